The van der Waals surface area contributed by atoms with Gasteiger partial charge < -0.3 is 10.6 Å². The summed E-state index contributed by atoms with van der Waals surface area (Å²) in [6.45, 7) is 10.8. The molecule has 2 N–H and O–H groups in total. The van der Waals surface area contributed by atoms with Crippen molar-refractivity contribution >= 4 is 33.3 Å². The molecular weight excluding hydrogens is 256 g/mol. The molecule has 0 amide bonds. The van der Waals surface area contributed by atoms with Crippen LogP contribution in [0.25, 0.3) is 10.2 Å². The summed E-state index contributed by atoms with van der Waals surface area (Å²) in [6.07, 6.45) is 2.86. The standard InChI is InChI=1S/C14H20N4S/c1-5-7-15-14-17-11-9(3)8-19-12(11)13(18-14)16-10(4)6-2/h5,8,10H,1,6-7H2,2-4H3,(H2,15,16,17,18)/t10-/m1/s1. The minimum Gasteiger partial charge on any atom is -0.366 e. The Kier molecular flexibility index (Phi) is 4.37. The van der Waals surface area contributed by atoms with Crippen molar-refractivity contribution in [2.45, 2.75) is 33.2 Å². The van der Waals surface area contributed by atoms with Crippen molar-refractivity contribution in [2.24, 2.45) is 0 Å². The Balaban J connectivity index is 2.43. The van der Waals surface area contributed by atoms with E-state index in [4.69, 9.17) is 0 Å². The van der Waals surface area contributed by atoms with Gasteiger partial charge in [-0.15, -0.1) is 17.9 Å². The van der Waals surface area contributed by atoms with E-state index in [9.17, 15) is 0 Å². The lowest BCUT2D eigenvalue weighted by Gasteiger charge is -2.14. The molecule has 0 aliphatic heterocycles. The molecule has 0 fully saturated rings. The van der Waals surface area contributed by atoms with Crippen LogP contribution in [0.5, 0.6) is 0 Å². The number of thiophene rings is 1. The molecule has 102 valence electrons. The Labute approximate surface area is 118 Å². The minimum atomic E-state index is 0.396. The summed E-state index contributed by atoms with van der Waals surface area (Å²) in [5.74, 6) is 1.57. The van der Waals surface area contributed by atoms with E-state index < -0.39 is 0 Å². The molecule has 19 heavy (non-hydrogen) atoms. The lowest BCUT2D eigenvalue weighted by Crippen LogP contribution is -2.15. The molecule has 0 radical (unpaired) electrons. The van der Waals surface area contributed by atoms with E-state index >= 15 is 0 Å². The Morgan fingerprint density at radius 1 is 1.47 bits per heavy atom. The molecule has 0 spiro atoms. The fourth-order valence-electron chi connectivity index (χ4n) is 1.71. The van der Waals surface area contributed by atoms with E-state index in [1.807, 2.05) is 0 Å². The van der Waals surface area contributed by atoms with Gasteiger partial charge in [0.15, 0.2) is 0 Å². The molecule has 0 saturated heterocycles. The van der Waals surface area contributed by atoms with E-state index in [2.05, 4.69) is 53.3 Å². The van der Waals surface area contributed by atoms with E-state index in [-0.39, 0.29) is 0 Å². The first-order chi connectivity index (χ1) is 9.15. The van der Waals surface area contributed by atoms with E-state index in [0.29, 0.717) is 18.5 Å². The molecule has 1 atom stereocenters. The molecule has 0 saturated carbocycles. The number of fused-ring (bicyclic) bond motifs is 1. The first kappa shape index (κ1) is 13.8. The van der Waals surface area contributed by atoms with Gasteiger partial charge >= 0.3 is 0 Å². The molecule has 4 nitrogen and oxygen atoms in total. The van der Waals surface area contributed by atoms with Crippen LogP contribution in [0.15, 0.2) is 18.0 Å². The molecule has 0 aromatic carbocycles. The van der Waals surface area contributed by atoms with Crippen LogP contribution in [0.3, 0.4) is 0 Å². The fraction of sp³-hybridized carbons (Fsp3) is 0.429. The first-order valence-electron chi connectivity index (χ1n) is 6.52. The maximum atomic E-state index is 4.57. The molecule has 0 unspecified atom stereocenters. The summed E-state index contributed by atoms with van der Waals surface area (Å²) in [7, 11) is 0. The Bertz CT molecular complexity index is 576. The number of nitrogens with zero attached hydrogens (tertiary/aromatic N) is 2. The smallest absolute Gasteiger partial charge is 0.225 e. The van der Waals surface area contributed by atoms with Gasteiger partial charge in [-0.2, -0.15) is 4.98 Å². The number of anilines is 2. The molecule has 2 rings (SSSR count). The van der Waals surface area contributed by atoms with Gasteiger partial charge in [-0.25, -0.2) is 4.98 Å². The summed E-state index contributed by atoms with van der Waals surface area (Å²) in [5.41, 5.74) is 2.22. The van der Waals surface area contributed by atoms with Crippen molar-refractivity contribution in [3.05, 3.63) is 23.6 Å². The maximum absolute atomic E-state index is 4.57. The maximum Gasteiger partial charge on any atom is 0.225 e. The normalized spacial score (nSPS) is 12.4. The third-order valence-corrected chi connectivity index (χ3v) is 4.09. The van der Waals surface area contributed by atoms with Crippen molar-refractivity contribution in [1.29, 1.82) is 0 Å². The Morgan fingerprint density at radius 2 is 2.26 bits per heavy atom. The molecule has 2 aromatic rings. The second-order valence-corrected chi connectivity index (χ2v) is 5.50. The first-order valence-corrected chi connectivity index (χ1v) is 7.40. The molecule has 0 bridgehead atoms. The van der Waals surface area contributed by atoms with Gasteiger partial charge in [-0.05, 0) is 31.2 Å². The average Bonchev–Trinajstić information content (AvgIpc) is 2.78. The third-order valence-electron chi connectivity index (χ3n) is 2.99. The van der Waals surface area contributed by atoms with Crippen molar-refractivity contribution < 1.29 is 0 Å². The summed E-state index contributed by atoms with van der Waals surface area (Å²) < 4.78 is 1.13. The van der Waals surface area contributed by atoms with Crippen LogP contribution >= 0.6 is 11.3 Å². The van der Waals surface area contributed by atoms with Crippen molar-refractivity contribution in [2.75, 3.05) is 17.2 Å². The fourth-order valence-corrected chi connectivity index (χ4v) is 2.65. The van der Waals surface area contributed by atoms with Gasteiger partial charge in [0.05, 0.1) is 10.2 Å². The largest absolute Gasteiger partial charge is 0.366 e. The van der Waals surface area contributed by atoms with Crippen molar-refractivity contribution in [1.82, 2.24) is 9.97 Å². The number of hydrogen-bond donors (Lipinski definition) is 2. The molecule has 0 aliphatic carbocycles. The quantitative estimate of drug-likeness (QED) is 0.788. The number of hydrogen-bond acceptors (Lipinski definition) is 5. The SMILES string of the molecule is C=CCNc1nc(N[C@H](C)CC)c2scc(C)c2n1. The van der Waals surface area contributed by atoms with Crippen molar-refractivity contribution in [3.8, 4) is 0 Å². The van der Waals surface area contributed by atoms with Crippen LogP contribution in [-0.4, -0.2) is 22.6 Å². The second-order valence-electron chi connectivity index (χ2n) is 4.62. The van der Waals surface area contributed by atoms with E-state index in [1.165, 1.54) is 5.56 Å². The summed E-state index contributed by atoms with van der Waals surface area (Å²) in [5, 5.41) is 8.74. The topological polar surface area (TPSA) is 49.8 Å². The number of aryl methyl sites for hydroxylation is 1. The zero-order valence-electron chi connectivity index (χ0n) is 11.7. The third kappa shape index (κ3) is 3.04. The van der Waals surface area contributed by atoms with Crippen LogP contribution in [-0.2, 0) is 0 Å². The molecule has 2 heterocycles. The summed E-state index contributed by atoms with van der Waals surface area (Å²) in [4.78, 5) is 9.14. The molecule has 0 aliphatic rings. The monoisotopic (exact) mass is 276 g/mol. The average molecular weight is 276 g/mol. The number of rotatable bonds is 6. The highest BCUT2D eigenvalue weighted by Gasteiger charge is 2.12. The molecular formula is C14H20N4S. The van der Waals surface area contributed by atoms with Gasteiger partial charge in [0.1, 0.15) is 5.82 Å². The van der Waals surface area contributed by atoms with Crippen LogP contribution in [0.4, 0.5) is 11.8 Å². The van der Waals surface area contributed by atoms with Crippen LogP contribution in [0, 0.1) is 6.92 Å². The number of nitrogens with one attached hydrogen (secondary N) is 2. The predicted molar refractivity (Wildman–Crippen MR) is 84.2 cm³/mol. The van der Waals surface area contributed by atoms with Gasteiger partial charge in [0.2, 0.25) is 5.95 Å². The van der Waals surface area contributed by atoms with Crippen LogP contribution < -0.4 is 10.6 Å². The second kappa shape index (κ2) is 6.02. The minimum absolute atomic E-state index is 0.396. The Morgan fingerprint density at radius 3 is 2.95 bits per heavy atom. The Hall–Kier alpha value is -1.62. The lowest BCUT2D eigenvalue weighted by molar-refractivity contribution is 0.760. The molecule has 2 aromatic heterocycles. The van der Waals surface area contributed by atoms with Gasteiger partial charge in [-0.1, -0.05) is 13.0 Å². The molecule has 5 heteroatoms. The van der Waals surface area contributed by atoms with E-state index in [1.54, 1.807) is 17.4 Å². The highest BCUT2D eigenvalue weighted by Crippen LogP contribution is 2.31. The summed E-state index contributed by atoms with van der Waals surface area (Å²) >= 11 is 1.69. The highest BCUT2D eigenvalue weighted by molar-refractivity contribution is 7.18. The zero-order valence-corrected chi connectivity index (χ0v) is 12.5. The van der Waals surface area contributed by atoms with Gasteiger partial charge in [0, 0.05) is 12.6 Å². The lowest BCUT2D eigenvalue weighted by atomic mass is 10.2. The van der Waals surface area contributed by atoms with Crippen molar-refractivity contribution in [3.63, 3.8) is 0 Å². The predicted octanol–water partition coefficient (Wildman–Crippen LogP) is 3.81. The zero-order chi connectivity index (χ0) is 13.8. The van der Waals surface area contributed by atoms with E-state index in [0.717, 1.165) is 22.5 Å². The van der Waals surface area contributed by atoms with Gasteiger partial charge in [0.25, 0.3) is 0 Å². The highest BCUT2D eigenvalue weighted by atomic mass is 32.1. The number of aromatic nitrogens is 2. The van der Waals surface area contributed by atoms with Crippen LogP contribution in [0.1, 0.15) is 25.8 Å². The van der Waals surface area contributed by atoms with Crippen LogP contribution in [0.2, 0.25) is 0 Å². The summed E-state index contributed by atoms with van der Waals surface area (Å²) in [6, 6.07) is 0.396. The van der Waals surface area contributed by atoms with Gasteiger partial charge in [-0.3, -0.25) is 0 Å².